The molecule has 2 aromatic rings. The molecule has 17 heavy (non-hydrogen) atoms. The number of fused-ring (bicyclic) bond motifs is 5. The van der Waals surface area contributed by atoms with E-state index in [1.54, 1.807) is 0 Å². The zero-order valence-corrected chi connectivity index (χ0v) is 9.35. The highest BCUT2D eigenvalue weighted by molar-refractivity contribution is 5.79. The molecule has 1 aliphatic carbocycles. The van der Waals surface area contributed by atoms with Gasteiger partial charge in [0.1, 0.15) is 0 Å². The third-order valence-corrected chi connectivity index (χ3v) is 3.55. The van der Waals surface area contributed by atoms with Crippen LogP contribution in [0.4, 0.5) is 0 Å². The molecule has 0 aromatic heterocycles. The number of benzene rings is 2. The van der Waals surface area contributed by atoms with Crippen molar-refractivity contribution >= 4 is 0 Å². The van der Waals surface area contributed by atoms with E-state index in [-0.39, 0.29) is 0 Å². The summed E-state index contributed by atoms with van der Waals surface area (Å²) in [4.78, 5) is 0. The van der Waals surface area contributed by atoms with Crippen LogP contribution in [0.25, 0.3) is 11.1 Å². The van der Waals surface area contributed by atoms with E-state index < -0.39 is 5.79 Å². The molecule has 0 amide bonds. The van der Waals surface area contributed by atoms with Crippen molar-refractivity contribution in [3.8, 4) is 11.1 Å². The van der Waals surface area contributed by atoms with E-state index in [4.69, 9.17) is 9.47 Å². The van der Waals surface area contributed by atoms with Gasteiger partial charge in [-0.05, 0) is 11.1 Å². The lowest BCUT2D eigenvalue weighted by molar-refractivity contribution is -0.126. The first-order valence-corrected chi connectivity index (χ1v) is 5.89. The maximum atomic E-state index is 5.93. The molecule has 2 aromatic carbocycles. The fourth-order valence-corrected chi connectivity index (χ4v) is 2.88. The second-order valence-electron chi connectivity index (χ2n) is 4.40. The van der Waals surface area contributed by atoms with Gasteiger partial charge in [0.15, 0.2) is 0 Å². The molecule has 1 saturated heterocycles. The van der Waals surface area contributed by atoms with Gasteiger partial charge in [0, 0.05) is 11.1 Å². The Balaban J connectivity index is 2.09. The minimum Gasteiger partial charge on any atom is -0.340 e. The first-order valence-electron chi connectivity index (χ1n) is 5.89. The van der Waals surface area contributed by atoms with Gasteiger partial charge in [0.25, 0.3) is 0 Å². The zero-order valence-electron chi connectivity index (χ0n) is 9.35. The number of hydrogen-bond donors (Lipinski definition) is 0. The van der Waals surface area contributed by atoms with Crippen molar-refractivity contribution < 1.29 is 9.47 Å². The van der Waals surface area contributed by atoms with Crippen molar-refractivity contribution in [1.29, 1.82) is 0 Å². The number of ether oxygens (including phenoxy) is 2. The molecule has 84 valence electrons. The van der Waals surface area contributed by atoms with Crippen molar-refractivity contribution in [3.63, 3.8) is 0 Å². The summed E-state index contributed by atoms with van der Waals surface area (Å²) in [6.07, 6.45) is 0. The van der Waals surface area contributed by atoms with E-state index in [9.17, 15) is 0 Å². The van der Waals surface area contributed by atoms with Crippen LogP contribution in [-0.2, 0) is 15.3 Å². The molecule has 0 saturated carbocycles. The third kappa shape index (κ3) is 1.07. The number of rotatable bonds is 0. The van der Waals surface area contributed by atoms with Gasteiger partial charge in [-0.1, -0.05) is 48.5 Å². The molecule has 0 bridgehead atoms. The molecule has 2 aliphatic rings. The van der Waals surface area contributed by atoms with Gasteiger partial charge < -0.3 is 9.47 Å². The SMILES string of the molecule is c1ccc2c(c1)-c1ccccc1C21OCCO1. The van der Waals surface area contributed by atoms with Gasteiger partial charge in [-0.3, -0.25) is 0 Å². The molecule has 0 radical (unpaired) electrons. The predicted molar refractivity (Wildman–Crippen MR) is 64.6 cm³/mol. The monoisotopic (exact) mass is 224 g/mol. The fraction of sp³-hybridized carbons (Fsp3) is 0.200. The van der Waals surface area contributed by atoms with Gasteiger partial charge >= 0.3 is 0 Å². The molecule has 0 unspecified atom stereocenters. The normalized spacial score (nSPS) is 19.3. The molecule has 4 rings (SSSR count). The molecular formula is C15H12O2. The molecule has 2 nitrogen and oxygen atoms in total. The zero-order chi connectivity index (χ0) is 11.3. The van der Waals surface area contributed by atoms with Crippen LogP contribution in [-0.4, -0.2) is 13.2 Å². The highest BCUT2D eigenvalue weighted by atomic mass is 16.7. The number of hydrogen-bond acceptors (Lipinski definition) is 2. The minimum atomic E-state index is -0.646. The highest BCUT2D eigenvalue weighted by Crippen LogP contribution is 2.51. The van der Waals surface area contributed by atoms with E-state index >= 15 is 0 Å². The summed E-state index contributed by atoms with van der Waals surface area (Å²) in [6, 6.07) is 16.7. The Bertz CT molecular complexity index is 535. The third-order valence-electron chi connectivity index (χ3n) is 3.55. The Hall–Kier alpha value is -1.64. The molecule has 1 spiro atoms. The molecular weight excluding hydrogens is 212 g/mol. The second-order valence-corrected chi connectivity index (χ2v) is 4.40. The topological polar surface area (TPSA) is 18.5 Å². The van der Waals surface area contributed by atoms with Crippen molar-refractivity contribution in [2.24, 2.45) is 0 Å². The van der Waals surface area contributed by atoms with Gasteiger partial charge in [-0.25, -0.2) is 0 Å². The summed E-state index contributed by atoms with van der Waals surface area (Å²) < 4.78 is 11.9. The van der Waals surface area contributed by atoms with Crippen LogP contribution in [0, 0.1) is 0 Å². The average molecular weight is 224 g/mol. The van der Waals surface area contributed by atoms with E-state index in [2.05, 4.69) is 36.4 Å². The van der Waals surface area contributed by atoms with Crippen LogP contribution >= 0.6 is 0 Å². The standard InChI is InChI=1S/C15H12O2/c1-3-7-13-11(5-1)12-6-2-4-8-14(12)15(13)16-9-10-17-15/h1-8H,9-10H2. The Morgan fingerprint density at radius 3 is 1.71 bits per heavy atom. The maximum Gasteiger partial charge on any atom is 0.223 e. The average Bonchev–Trinajstić information content (AvgIpc) is 2.98. The van der Waals surface area contributed by atoms with Crippen molar-refractivity contribution in [2.75, 3.05) is 13.2 Å². The molecule has 2 heteroatoms. The summed E-state index contributed by atoms with van der Waals surface area (Å²) in [5.74, 6) is -0.646. The van der Waals surface area contributed by atoms with Crippen LogP contribution < -0.4 is 0 Å². The Morgan fingerprint density at radius 2 is 1.18 bits per heavy atom. The van der Waals surface area contributed by atoms with E-state index in [0.29, 0.717) is 13.2 Å². The summed E-state index contributed by atoms with van der Waals surface area (Å²) in [5.41, 5.74) is 4.73. The first kappa shape index (κ1) is 9.40. The lowest BCUT2D eigenvalue weighted by Gasteiger charge is -2.24. The van der Waals surface area contributed by atoms with Crippen molar-refractivity contribution in [2.45, 2.75) is 5.79 Å². The summed E-state index contributed by atoms with van der Waals surface area (Å²) in [7, 11) is 0. The minimum absolute atomic E-state index is 0.646. The summed E-state index contributed by atoms with van der Waals surface area (Å²) in [6.45, 7) is 1.31. The molecule has 1 heterocycles. The lowest BCUT2D eigenvalue weighted by atomic mass is 10.0. The largest absolute Gasteiger partial charge is 0.340 e. The van der Waals surface area contributed by atoms with Gasteiger partial charge in [-0.2, -0.15) is 0 Å². The van der Waals surface area contributed by atoms with Crippen LogP contribution in [0.15, 0.2) is 48.5 Å². The first-order chi connectivity index (χ1) is 8.42. The second kappa shape index (κ2) is 3.19. The predicted octanol–water partition coefficient (Wildman–Crippen LogP) is 2.91. The maximum absolute atomic E-state index is 5.93. The van der Waals surface area contributed by atoms with Crippen LogP contribution in [0.1, 0.15) is 11.1 Å². The summed E-state index contributed by atoms with van der Waals surface area (Å²) >= 11 is 0. The summed E-state index contributed by atoms with van der Waals surface area (Å²) in [5, 5.41) is 0. The smallest absolute Gasteiger partial charge is 0.223 e. The van der Waals surface area contributed by atoms with E-state index in [0.717, 1.165) is 11.1 Å². The molecule has 1 aliphatic heterocycles. The Morgan fingerprint density at radius 1 is 0.706 bits per heavy atom. The molecule has 0 N–H and O–H groups in total. The van der Waals surface area contributed by atoms with Crippen molar-refractivity contribution in [1.82, 2.24) is 0 Å². The van der Waals surface area contributed by atoms with Crippen LogP contribution in [0.2, 0.25) is 0 Å². The Kier molecular flexibility index (Phi) is 1.76. The van der Waals surface area contributed by atoms with E-state index in [1.807, 2.05) is 12.1 Å². The molecule has 0 atom stereocenters. The highest BCUT2D eigenvalue weighted by Gasteiger charge is 2.47. The molecule has 1 fully saturated rings. The van der Waals surface area contributed by atoms with Crippen LogP contribution in [0.3, 0.4) is 0 Å². The quantitative estimate of drug-likeness (QED) is 0.685. The van der Waals surface area contributed by atoms with E-state index in [1.165, 1.54) is 11.1 Å². The lowest BCUT2D eigenvalue weighted by Crippen LogP contribution is -2.25. The van der Waals surface area contributed by atoms with Crippen LogP contribution in [0.5, 0.6) is 0 Å². The van der Waals surface area contributed by atoms with Gasteiger partial charge in [-0.15, -0.1) is 0 Å². The Labute approximate surface area is 99.8 Å². The van der Waals surface area contributed by atoms with Gasteiger partial charge in [0.05, 0.1) is 13.2 Å². The van der Waals surface area contributed by atoms with Crippen molar-refractivity contribution in [3.05, 3.63) is 59.7 Å². The fourth-order valence-electron chi connectivity index (χ4n) is 2.88. The van der Waals surface area contributed by atoms with Gasteiger partial charge in [0.2, 0.25) is 5.79 Å².